The molecule has 126 valence electrons. The number of piperazine rings is 1. The fourth-order valence-electron chi connectivity index (χ4n) is 3.03. The van der Waals surface area contributed by atoms with E-state index in [4.69, 9.17) is 5.11 Å². The van der Waals surface area contributed by atoms with Gasteiger partial charge in [0.05, 0.1) is 0 Å². The quantitative estimate of drug-likeness (QED) is 0.906. The zero-order valence-corrected chi connectivity index (χ0v) is 14.3. The lowest BCUT2D eigenvalue weighted by Gasteiger charge is -2.37. The van der Waals surface area contributed by atoms with Crippen molar-refractivity contribution in [2.24, 2.45) is 0 Å². The van der Waals surface area contributed by atoms with Gasteiger partial charge >= 0.3 is 5.97 Å². The van der Waals surface area contributed by atoms with Crippen molar-refractivity contribution in [3.8, 4) is 0 Å². The zero-order chi connectivity index (χ0) is 17.0. The van der Waals surface area contributed by atoms with Crippen LogP contribution in [0.15, 0.2) is 12.1 Å². The monoisotopic (exact) mass is 318 g/mol. The van der Waals surface area contributed by atoms with Crippen molar-refractivity contribution < 1.29 is 14.7 Å². The number of amides is 1. The maximum atomic E-state index is 12.1. The molecule has 0 aliphatic carbocycles. The van der Waals surface area contributed by atoms with Crippen LogP contribution in [-0.4, -0.2) is 48.1 Å². The fraction of sp³-hybridized carbons (Fsp3) is 0.556. The number of hydrogen-bond donors (Lipinski definition) is 1. The van der Waals surface area contributed by atoms with Crippen LogP contribution in [0.25, 0.3) is 0 Å². The number of anilines is 1. The van der Waals surface area contributed by atoms with Crippen molar-refractivity contribution in [2.75, 3.05) is 31.1 Å². The second-order valence-electron chi connectivity index (χ2n) is 6.34. The van der Waals surface area contributed by atoms with E-state index >= 15 is 0 Å². The Morgan fingerprint density at radius 1 is 0.957 bits per heavy atom. The third kappa shape index (κ3) is 4.47. The minimum Gasteiger partial charge on any atom is -0.481 e. The molecule has 0 saturated carbocycles. The first-order valence-electron chi connectivity index (χ1n) is 8.21. The van der Waals surface area contributed by atoms with E-state index in [1.807, 2.05) is 4.90 Å². The summed E-state index contributed by atoms with van der Waals surface area (Å²) in [6, 6.07) is 4.45. The lowest BCUT2D eigenvalue weighted by molar-refractivity contribution is -0.137. The van der Waals surface area contributed by atoms with Crippen molar-refractivity contribution in [3.63, 3.8) is 0 Å². The molecule has 5 heteroatoms. The molecule has 0 radical (unpaired) electrons. The van der Waals surface area contributed by atoms with Gasteiger partial charge in [-0.05, 0) is 49.9 Å². The van der Waals surface area contributed by atoms with Crippen LogP contribution in [-0.2, 0) is 9.59 Å². The first kappa shape index (κ1) is 17.3. The Hall–Kier alpha value is -2.04. The van der Waals surface area contributed by atoms with Crippen LogP contribution < -0.4 is 4.90 Å². The maximum Gasteiger partial charge on any atom is 0.303 e. The standard InChI is InChI=1S/C18H26N2O3/c1-13-11-15(3)16(12-14(13)2)19-7-9-20(10-8-19)17(21)5-4-6-18(22)23/h11-12H,4-10H2,1-3H3,(H,22,23). The second kappa shape index (κ2) is 7.49. The molecule has 1 heterocycles. The molecule has 5 nitrogen and oxygen atoms in total. The Balaban J connectivity index is 1.90. The molecule has 2 rings (SSSR count). The number of nitrogens with zero attached hydrogens (tertiary/aromatic N) is 2. The summed E-state index contributed by atoms with van der Waals surface area (Å²) in [7, 11) is 0. The van der Waals surface area contributed by atoms with Gasteiger partial charge in [0.1, 0.15) is 0 Å². The van der Waals surface area contributed by atoms with Gasteiger partial charge in [0.25, 0.3) is 0 Å². The Kier molecular flexibility index (Phi) is 5.64. The van der Waals surface area contributed by atoms with Gasteiger partial charge in [-0.15, -0.1) is 0 Å². The molecule has 1 aromatic carbocycles. The molecule has 1 saturated heterocycles. The Morgan fingerprint density at radius 3 is 2.17 bits per heavy atom. The number of carboxylic acid groups (broad SMARTS) is 1. The van der Waals surface area contributed by atoms with Crippen LogP contribution >= 0.6 is 0 Å². The summed E-state index contributed by atoms with van der Waals surface area (Å²) < 4.78 is 0. The summed E-state index contributed by atoms with van der Waals surface area (Å²) in [6.45, 7) is 9.45. The Bertz CT molecular complexity index is 590. The van der Waals surface area contributed by atoms with Crippen LogP contribution in [0.1, 0.15) is 36.0 Å². The Morgan fingerprint density at radius 2 is 1.57 bits per heavy atom. The van der Waals surface area contributed by atoms with Gasteiger partial charge in [0.2, 0.25) is 5.91 Å². The van der Waals surface area contributed by atoms with E-state index in [1.54, 1.807) is 0 Å². The molecule has 0 aromatic heterocycles. The van der Waals surface area contributed by atoms with E-state index in [1.165, 1.54) is 22.4 Å². The second-order valence-corrected chi connectivity index (χ2v) is 6.34. The van der Waals surface area contributed by atoms with Gasteiger partial charge in [0.15, 0.2) is 0 Å². The predicted octanol–water partition coefficient (Wildman–Crippen LogP) is 2.52. The predicted molar refractivity (Wildman–Crippen MR) is 90.9 cm³/mol. The van der Waals surface area contributed by atoms with Crippen LogP contribution in [0, 0.1) is 20.8 Å². The maximum absolute atomic E-state index is 12.1. The van der Waals surface area contributed by atoms with Crippen LogP contribution in [0.5, 0.6) is 0 Å². The van der Waals surface area contributed by atoms with E-state index in [-0.39, 0.29) is 12.3 Å². The molecule has 0 bridgehead atoms. The van der Waals surface area contributed by atoms with Crippen molar-refractivity contribution in [1.82, 2.24) is 4.90 Å². The highest BCUT2D eigenvalue weighted by atomic mass is 16.4. The molecular weight excluding hydrogens is 292 g/mol. The summed E-state index contributed by atoms with van der Waals surface area (Å²) in [5.41, 5.74) is 5.12. The van der Waals surface area contributed by atoms with Crippen molar-refractivity contribution >= 4 is 17.6 Å². The van der Waals surface area contributed by atoms with E-state index < -0.39 is 5.97 Å². The van der Waals surface area contributed by atoms with Gasteiger partial charge in [-0.2, -0.15) is 0 Å². The molecule has 1 N–H and O–H groups in total. The van der Waals surface area contributed by atoms with Gasteiger partial charge < -0.3 is 14.9 Å². The first-order valence-corrected chi connectivity index (χ1v) is 8.21. The number of rotatable bonds is 5. The summed E-state index contributed by atoms with van der Waals surface area (Å²) in [5.74, 6) is -0.768. The molecule has 1 amide bonds. The highest BCUT2D eigenvalue weighted by molar-refractivity contribution is 5.77. The van der Waals surface area contributed by atoms with E-state index in [0.29, 0.717) is 25.9 Å². The minimum atomic E-state index is -0.840. The summed E-state index contributed by atoms with van der Waals surface area (Å²) >= 11 is 0. The van der Waals surface area contributed by atoms with E-state index in [2.05, 4.69) is 37.8 Å². The third-order valence-corrected chi connectivity index (χ3v) is 4.57. The highest BCUT2D eigenvalue weighted by Crippen LogP contribution is 2.25. The molecule has 0 atom stereocenters. The molecule has 0 spiro atoms. The minimum absolute atomic E-state index is 0.0630. The number of aryl methyl sites for hydroxylation is 3. The van der Waals surface area contributed by atoms with Gasteiger partial charge in [0, 0.05) is 44.7 Å². The van der Waals surface area contributed by atoms with Crippen LogP contribution in [0.3, 0.4) is 0 Å². The average molecular weight is 318 g/mol. The van der Waals surface area contributed by atoms with Gasteiger partial charge in [-0.1, -0.05) is 6.07 Å². The first-order chi connectivity index (χ1) is 10.9. The number of hydrogen-bond acceptors (Lipinski definition) is 3. The smallest absolute Gasteiger partial charge is 0.303 e. The molecule has 1 aliphatic rings. The average Bonchev–Trinajstić information content (AvgIpc) is 2.50. The van der Waals surface area contributed by atoms with E-state index in [9.17, 15) is 9.59 Å². The Labute approximate surface area is 137 Å². The highest BCUT2D eigenvalue weighted by Gasteiger charge is 2.22. The fourth-order valence-corrected chi connectivity index (χ4v) is 3.03. The number of aliphatic carboxylic acids is 1. The largest absolute Gasteiger partial charge is 0.481 e. The van der Waals surface area contributed by atoms with Gasteiger partial charge in [-0.25, -0.2) is 0 Å². The SMILES string of the molecule is Cc1cc(C)c(N2CCN(C(=O)CCCC(=O)O)CC2)cc1C. The summed E-state index contributed by atoms with van der Waals surface area (Å²) in [4.78, 5) is 26.8. The van der Waals surface area contributed by atoms with Crippen LogP contribution in [0.2, 0.25) is 0 Å². The molecular formula is C18H26N2O3. The topological polar surface area (TPSA) is 60.9 Å². The number of carboxylic acids is 1. The van der Waals surface area contributed by atoms with Crippen molar-refractivity contribution in [2.45, 2.75) is 40.0 Å². The molecule has 1 aliphatic heterocycles. The van der Waals surface area contributed by atoms with E-state index in [0.717, 1.165) is 13.1 Å². The molecule has 1 aromatic rings. The number of carbonyl (C=O) groups is 2. The molecule has 1 fully saturated rings. The number of carbonyl (C=O) groups excluding carboxylic acids is 1. The summed E-state index contributed by atoms with van der Waals surface area (Å²) in [6.07, 6.45) is 0.813. The van der Waals surface area contributed by atoms with Crippen molar-refractivity contribution in [1.29, 1.82) is 0 Å². The summed E-state index contributed by atoms with van der Waals surface area (Å²) in [5, 5.41) is 8.63. The molecule has 0 unspecified atom stereocenters. The van der Waals surface area contributed by atoms with Crippen molar-refractivity contribution in [3.05, 3.63) is 28.8 Å². The zero-order valence-electron chi connectivity index (χ0n) is 14.3. The lowest BCUT2D eigenvalue weighted by atomic mass is 10.0. The number of benzene rings is 1. The van der Waals surface area contributed by atoms with Gasteiger partial charge in [-0.3, -0.25) is 9.59 Å². The normalized spacial score (nSPS) is 14.9. The lowest BCUT2D eigenvalue weighted by Crippen LogP contribution is -2.49. The van der Waals surface area contributed by atoms with Crippen LogP contribution in [0.4, 0.5) is 5.69 Å². The third-order valence-electron chi connectivity index (χ3n) is 4.57. The molecule has 23 heavy (non-hydrogen) atoms.